The molecule has 270 valence electrons. The fraction of sp³-hybridized carbons (Fsp3) is 0.556. The molecule has 0 radical (unpaired) electrons. The summed E-state index contributed by atoms with van der Waals surface area (Å²) in [6.07, 6.45) is -2.53. The molecular formula is C36H44IN3O10. The van der Waals surface area contributed by atoms with Crippen LogP contribution < -0.4 is 5.32 Å². The number of amides is 2. The van der Waals surface area contributed by atoms with Crippen LogP contribution in [0.4, 0.5) is 0 Å². The van der Waals surface area contributed by atoms with E-state index >= 15 is 4.79 Å². The Hall–Kier alpha value is -3.15. The van der Waals surface area contributed by atoms with Crippen LogP contribution in [0.1, 0.15) is 51.2 Å². The summed E-state index contributed by atoms with van der Waals surface area (Å²) in [5.41, 5.74) is -0.418. The van der Waals surface area contributed by atoms with Crippen molar-refractivity contribution < 1.29 is 48.1 Å². The van der Waals surface area contributed by atoms with Gasteiger partial charge in [-0.25, -0.2) is 0 Å². The average Bonchev–Trinajstić information content (AvgIpc) is 3.70. The minimum absolute atomic E-state index is 0.0188. The van der Waals surface area contributed by atoms with Crippen molar-refractivity contribution in [2.45, 2.75) is 101 Å². The van der Waals surface area contributed by atoms with E-state index in [2.05, 4.69) is 27.9 Å². The zero-order valence-electron chi connectivity index (χ0n) is 28.6. The van der Waals surface area contributed by atoms with Gasteiger partial charge in [0.1, 0.15) is 48.3 Å². The highest BCUT2D eigenvalue weighted by Crippen LogP contribution is 2.56. The lowest BCUT2D eigenvalue weighted by molar-refractivity contribution is -0.204. The molecule has 0 spiro atoms. The van der Waals surface area contributed by atoms with Gasteiger partial charge in [-0.15, -0.1) is 0 Å². The molecule has 2 aromatic rings. The monoisotopic (exact) mass is 805 g/mol. The van der Waals surface area contributed by atoms with Crippen molar-refractivity contribution >= 4 is 46.3 Å². The molecule has 50 heavy (non-hydrogen) atoms. The zero-order valence-corrected chi connectivity index (χ0v) is 30.7. The van der Waals surface area contributed by atoms with Gasteiger partial charge in [-0.05, 0) is 67.0 Å². The van der Waals surface area contributed by atoms with Crippen LogP contribution in [0.5, 0.6) is 0 Å². The summed E-state index contributed by atoms with van der Waals surface area (Å²) in [7, 11) is 1.55. The van der Waals surface area contributed by atoms with Crippen molar-refractivity contribution in [3.8, 4) is 0 Å². The third-order valence-electron chi connectivity index (χ3n) is 9.80. The molecule has 1 aliphatic carbocycles. The molecule has 14 heteroatoms. The standard InChI is InChI=1S/C36H44IN3O10/c1-35(2,3)49-27(42)15-14-23(19-41)38-32(43)25(16-21-10-6-5-7-11-21)39(4)34(45)36-17-26-28-29(47-20-46-28)31(36)50-40(30(36)33(44)48-26)18-22-12-8-9-13-24(22)37/h5-13,23,25-26,28-31,41H,14-20H2,1-4H3,(H,38,43)/t23-,25+,26+,28-,29-,30-,31+,36-/m0/s1. The summed E-state index contributed by atoms with van der Waals surface area (Å²) < 4.78 is 24.1. The molecule has 2 aromatic carbocycles. The van der Waals surface area contributed by atoms with Crippen LogP contribution in [0, 0.1) is 8.99 Å². The number of hydrogen-bond donors (Lipinski definition) is 2. The van der Waals surface area contributed by atoms with Crippen molar-refractivity contribution in [2.75, 3.05) is 20.4 Å². The molecular weight excluding hydrogens is 761 g/mol. The second kappa shape index (κ2) is 14.8. The van der Waals surface area contributed by atoms with Crippen LogP contribution in [0.3, 0.4) is 0 Å². The smallest absolute Gasteiger partial charge is 0.327 e. The number of aliphatic hydroxyl groups excluding tert-OH is 1. The number of nitrogens with one attached hydrogen (secondary N) is 1. The molecule has 1 saturated carbocycles. The summed E-state index contributed by atoms with van der Waals surface area (Å²) in [5.74, 6) is -2.02. The number of carbonyl (C=O) groups is 4. The third-order valence-corrected chi connectivity index (χ3v) is 10.9. The topological polar surface area (TPSA) is 153 Å². The van der Waals surface area contributed by atoms with Crippen LogP contribution in [0.2, 0.25) is 0 Å². The van der Waals surface area contributed by atoms with Gasteiger partial charge in [0.25, 0.3) is 0 Å². The first-order valence-electron chi connectivity index (χ1n) is 16.9. The Morgan fingerprint density at radius 1 is 1.10 bits per heavy atom. The van der Waals surface area contributed by atoms with Crippen LogP contribution in [-0.4, -0.2) is 107 Å². The first kappa shape index (κ1) is 36.6. The number of carbonyl (C=O) groups excluding carboxylic acids is 4. The van der Waals surface area contributed by atoms with Crippen molar-refractivity contribution in [1.82, 2.24) is 15.3 Å². The molecule has 0 aromatic heterocycles. The SMILES string of the molecule is CN(C(=O)[C@@]12C[C@H]3OC(=O)[C@@H]1N(Cc1ccccc1I)O[C@@H]2[C@H]1OCO[C@H]13)[C@H](Cc1ccccc1)C(=O)N[C@H](CO)CCC(=O)OC(C)(C)C. The number of hydroxylamine groups is 2. The maximum atomic E-state index is 15.2. The second-order valence-corrected chi connectivity index (χ2v) is 15.5. The van der Waals surface area contributed by atoms with Gasteiger partial charge < -0.3 is 34.3 Å². The first-order valence-corrected chi connectivity index (χ1v) is 17.9. The summed E-state index contributed by atoms with van der Waals surface area (Å²) in [6.45, 7) is 5.05. The van der Waals surface area contributed by atoms with Crippen molar-refractivity contribution in [2.24, 2.45) is 5.41 Å². The largest absolute Gasteiger partial charge is 0.460 e. The molecule has 2 N–H and O–H groups in total. The molecule has 3 aliphatic heterocycles. The van der Waals surface area contributed by atoms with Crippen LogP contribution in [0.15, 0.2) is 54.6 Å². The highest BCUT2D eigenvalue weighted by molar-refractivity contribution is 14.1. The number of benzene rings is 2. The number of aliphatic hydroxyl groups is 1. The Labute approximate surface area is 305 Å². The van der Waals surface area contributed by atoms with E-state index in [1.165, 1.54) is 9.96 Å². The van der Waals surface area contributed by atoms with Crippen LogP contribution in [0.25, 0.3) is 0 Å². The van der Waals surface area contributed by atoms with Crippen molar-refractivity contribution in [1.29, 1.82) is 0 Å². The van der Waals surface area contributed by atoms with E-state index in [1.807, 2.05) is 54.6 Å². The van der Waals surface area contributed by atoms with Gasteiger partial charge in [0, 0.05) is 29.9 Å². The fourth-order valence-corrected chi connectivity index (χ4v) is 8.07. The Kier molecular flexibility index (Phi) is 10.9. The molecule has 2 amide bonds. The van der Waals surface area contributed by atoms with Crippen molar-refractivity contribution in [3.05, 3.63) is 69.3 Å². The normalized spacial score (nSPS) is 28.3. The van der Waals surface area contributed by atoms with E-state index in [4.69, 9.17) is 23.8 Å². The Morgan fingerprint density at radius 3 is 2.50 bits per heavy atom. The highest BCUT2D eigenvalue weighted by Gasteiger charge is 2.75. The van der Waals surface area contributed by atoms with Gasteiger partial charge in [0.05, 0.1) is 19.2 Å². The van der Waals surface area contributed by atoms with E-state index in [-0.39, 0.29) is 39.0 Å². The molecule has 4 aliphatic rings. The molecule has 6 rings (SSSR count). The number of ether oxygens (including phenoxy) is 4. The van der Waals surface area contributed by atoms with Gasteiger partial charge >= 0.3 is 11.9 Å². The lowest BCUT2D eigenvalue weighted by Gasteiger charge is -2.50. The van der Waals surface area contributed by atoms with E-state index < -0.39 is 83.9 Å². The van der Waals surface area contributed by atoms with Gasteiger partial charge in [-0.1, -0.05) is 48.5 Å². The lowest BCUT2D eigenvalue weighted by Crippen LogP contribution is -2.70. The molecule has 0 unspecified atom stereocenters. The number of halogens is 1. The number of rotatable bonds is 12. The Balaban J connectivity index is 1.30. The van der Waals surface area contributed by atoms with E-state index in [0.717, 1.165) is 14.7 Å². The minimum atomic E-state index is -1.45. The molecule has 3 saturated heterocycles. The summed E-state index contributed by atoms with van der Waals surface area (Å²) in [4.78, 5) is 63.5. The maximum Gasteiger partial charge on any atom is 0.327 e. The number of nitrogens with zero attached hydrogens (tertiary/aromatic N) is 2. The molecule has 8 atom stereocenters. The van der Waals surface area contributed by atoms with Crippen LogP contribution in [-0.2, 0) is 55.9 Å². The third kappa shape index (κ3) is 7.28. The van der Waals surface area contributed by atoms with Gasteiger partial charge in [-0.2, -0.15) is 5.06 Å². The van der Waals surface area contributed by atoms with E-state index in [1.54, 1.807) is 27.8 Å². The fourth-order valence-electron chi connectivity index (χ4n) is 7.51. The molecule has 2 bridgehead atoms. The summed E-state index contributed by atoms with van der Waals surface area (Å²) in [5, 5.41) is 14.6. The first-order chi connectivity index (χ1) is 23.8. The quantitative estimate of drug-likeness (QED) is 0.241. The number of esters is 2. The molecule has 4 fully saturated rings. The molecule has 13 nitrogen and oxygen atoms in total. The second-order valence-electron chi connectivity index (χ2n) is 14.3. The summed E-state index contributed by atoms with van der Waals surface area (Å²) >= 11 is 2.22. The van der Waals surface area contributed by atoms with Crippen molar-refractivity contribution in [3.63, 3.8) is 0 Å². The number of hydrogen-bond acceptors (Lipinski definition) is 11. The van der Waals surface area contributed by atoms with E-state index in [9.17, 15) is 19.5 Å². The predicted molar refractivity (Wildman–Crippen MR) is 186 cm³/mol. The van der Waals surface area contributed by atoms with Crippen LogP contribution >= 0.6 is 22.6 Å². The lowest BCUT2D eigenvalue weighted by atomic mass is 9.62. The Morgan fingerprint density at radius 2 is 1.80 bits per heavy atom. The number of likely N-dealkylation sites (N-methyl/N-ethyl adjacent to an activating group) is 1. The maximum absolute atomic E-state index is 15.2. The average molecular weight is 806 g/mol. The van der Waals surface area contributed by atoms with E-state index in [0.29, 0.717) is 0 Å². The highest BCUT2D eigenvalue weighted by atomic mass is 127. The van der Waals surface area contributed by atoms with Gasteiger partial charge in [0.15, 0.2) is 6.04 Å². The van der Waals surface area contributed by atoms with Gasteiger partial charge in [-0.3, -0.25) is 24.0 Å². The zero-order chi connectivity index (χ0) is 35.8. The Bertz CT molecular complexity index is 1590. The summed E-state index contributed by atoms with van der Waals surface area (Å²) in [6, 6.07) is 14.0. The van der Waals surface area contributed by atoms with Gasteiger partial charge in [0.2, 0.25) is 11.8 Å². The minimum Gasteiger partial charge on any atom is -0.460 e. The molecule has 3 heterocycles. The number of fused-ring (bicyclic) bond motifs is 4. The predicted octanol–water partition coefficient (Wildman–Crippen LogP) is 2.50.